The van der Waals surface area contributed by atoms with Gasteiger partial charge in [0.2, 0.25) is 0 Å². The SMILES string of the molecule is O=C(c1c[nH]c(=O)n(Cc2ccco2)c1=O)N1CCN(Cc2ccncc2)CC1. The fourth-order valence-corrected chi connectivity index (χ4v) is 3.39. The maximum Gasteiger partial charge on any atom is 0.328 e. The summed E-state index contributed by atoms with van der Waals surface area (Å²) in [5, 5.41) is 0. The number of hydrogen-bond acceptors (Lipinski definition) is 6. The summed E-state index contributed by atoms with van der Waals surface area (Å²) in [6.45, 7) is 3.21. The maximum absolute atomic E-state index is 12.9. The number of pyridine rings is 1. The number of hydrogen-bond donors (Lipinski definition) is 1. The highest BCUT2D eigenvalue weighted by Gasteiger charge is 2.25. The highest BCUT2D eigenvalue weighted by molar-refractivity contribution is 5.93. The van der Waals surface area contributed by atoms with Gasteiger partial charge in [-0.15, -0.1) is 0 Å². The third-order valence-electron chi connectivity index (χ3n) is 5.00. The Hall–Kier alpha value is -3.46. The van der Waals surface area contributed by atoms with E-state index in [1.165, 1.54) is 18.0 Å². The normalized spacial score (nSPS) is 14.8. The molecule has 0 atom stereocenters. The number of H-pyrrole nitrogens is 1. The monoisotopic (exact) mass is 395 g/mol. The third kappa shape index (κ3) is 4.19. The fourth-order valence-electron chi connectivity index (χ4n) is 3.39. The molecule has 0 aliphatic carbocycles. The molecular formula is C20H21N5O4. The Morgan fingerprint density at radius 3 is 2.52 bits per heavy atom. The lowest BCUT2D eigenvalue weighted by Crippen LogP contribution is -2.50. The summed E-state index contributed by atoms with van der Waals surface area (Å²) < 4.78 is 6.19. The van der Waals surface area contributed by atoms with Crippen molar-refractivity contribution in [2.24, 2.45) is 0 Å². The molecule has 3 aromatic heterocycles. The minimum atomic E-state index is -0.616. The van der Waals surface area contributed by atoms with E-state index in [2.05, 4.69) is 14.9 Å². The molecule has 150 valence electrons. The van der Waals surface area contributed by atoms with Crippen LogP contribution in [-0.2, 0) is 13.1 Å². The second-order valence-corrected chi connectivity index (χ2v) is 6.90. The predicted octanol–water partition coefficient (Wildman–Crippen LogP) is 0.531. The summed E-state index contributed by atoms with van der Waals surface area (Å²) in [4.78, 5) is 48.1. The first-order chi connectivity index (χ1) is 14.1. The highest BCUT2D eigenvalue weighted by atomic mass is 16.3. The van der Waals surface area contributed by atoms with Crippen LogP contribution in [0.25, 0.3) is 0 Å². The van der Waals surface area contributed by atoms with Gasteiger partial charge in [-0.05, 0) is 29.8 Å². The van der Waals surface area contributed by atoms with E-state index in [-0.39, 0.29) is 18.0 Å². The molecule has 1 fully saturated rings. The molecule has 0 bridgehead atoms. The van der Waals surface area contributed by atoms with Crippen LogP contribution in [-0.4, -0.2) is 56.4 Å². The van der Waals surface area contributed by atoms with Crippen LogP contribution in [0.15, 0.2) is 63.1 Å². The second-order valence-electron chi connectivity index (χ2n) is 6.90. The lowest BCUT2D eigenvalue weighted by atomic mass is 10.2. The summed E-state index contributed by atoms with van der Waals surface area (Å²) in [5.41, 5.74) is -0.0700. The number of nitrogens with one attached hydrogen (secondary N) is 1. The number of piperazine rings is 1. The van der Waals surface area contributed by atoms with Gasteiger partial charge in [-0.25, -0.2) is 4.79 Å². The molecule has 29 heavy (non-hydrogen) atoms. The molecule has 9 nitrogen and oxygen atoms in total. The molecule has 3 aromatic rings. The molecule has 1 saturated heterocycles. The van der Waals surface area contributed by atoms with E-state index in [0.717, 1.165) is 11.1 Å². The van der Waals surface area contributed by atoms with Gasteiger partial charge in [0.05, 0.1) is 12.8 Å². The quantitative estimate of drug-likeness (QED) is 0.676. The van der Waals surface area contributed by atoms with Crippen LogP contribution in [0.4, 0.5) is 0 Å². The summed E-state index contributed by atoms with van der Waals surface area (Å²) in [5.74, 6) is 0.0925. The minimum Gasteiger partial charge on any atom is -0.467 e. The predicted molar refractivity (Wildman–Crippen MR) is 105 cm³/mol. The van der Waals surface area contributed by atoms with Crippen LogP contribution in [0, 0.1) is 0 Å². The van der Waals surface area contributed by atoms with E-state index in [1.807, 2.05) is 12.1 Å². The molecule has 0 radical (unpaired) electrons. The van der Waals surface area contributed by atoms with Gasteiger partial charge >= 0.3 is 5.69 Å². The molecule has 0 saturated carbocycles. The van der Waals surface area contributed by atoms with Crippen molar-refractivity contribution in [1.29, 1.82) is 0 Å². The van der Waals surface area contributed by atoms with Gasteiger partial charge in [0.25, 0.3) is 11.5 Å². The summed E-state index contributed by atoms with van der Waals surface area (Å²) in [6.07, 6.45) is 6.20. The number of amides is 1. The van der Waals surface area contributed by atoms with E-state index in [9.17, 15) is 14.4 Å². The number of aromatic nitrogens is 3. The molecule has 9 heteroatoms. The Balaban J connectivity index is 1.45. The molecule has 1 aliphatic rings. The van der Waals surface area contributed by atoms with E-state index in [0.29, 0.717) is 31.9 Å². The molecule has 4 rings (SSSR count). The Morgan fingerprint density at radius 2 is 1.83 bits per heavy atom. The zero-order valence-electron chi connectivity index (χ0n) is 15.8. The van der Waals surface area contributed by atoms with Crippen molar-refractivity contribution in [1.82, 2.24) is 24.3 Å². The van der Waals surface area contributed by atoms with Crippen molar-refractivity contribution in [2.75, 3.05) is 26.2 Å². The standard InChI is InChI=1S/C20H21N5O4/c26-18(24-9-7-23(8-10-24)13-15-3-5-21-6-4-15)17-12-22-20(28)25(19(17)27)14-16-2-1-11-29-16/h1-6,11-12H,7-10,13-14H2,(H,22,28). The molecule has 1 aliphatic heterocycles. The number of nitrogens with zero attached hydrogens (tertiary/aromatic N) is 4. The molecule has 1 N–H and O–H groups in total. The molecule has 0 spiro atoms. The summed E-state index contributed by atoms with van der Waals surface area (Å²) in [7, 11) is 0. The first kappa shape index (κ1) is 18.9. The van der Waals surface area contributed by atoms with Crippen LogP contribution in [0.1, 0.15) is 21.7 Å². The average molecular weight is 395 g/mol. The zero-order valence-corrected chi connectivity index (χ0v) is 15.8. The number of carbonyl (C=O) groups is 1. The lowest BCUT2D eigenvalue weighted by Gasteiger charge is -2.34. The van der Waals surface area contributed by atoms with E-state index < -0.39 is 11.2 Å². The van der Waals surface area contributed by atoms with Gasteiger partial charge in [-0.1, -0.05) is 0 Å². The van der Waals surface area contributed by atoms with Crippen LogP contribution in [0.5, 0.6) is 0 Å². The van der Waals surface area contributed by atoms with Gasteiger partial charge < -0.3 is 14.3 Å². The van der Waals surface area contributed by atoms with Gasteiger partial charge in [-0.2, -0.15) is 0 Å². The molecular weight excluding hydrogens is 374 g/mol. The fraction of sp³-hybridized carbons (Fsp3) is 0.300. The van der Waals surface area contributed by atoms with E-state index in [4.69, 9.17) is 4.42 Å². The molecule has 1 amide bonds. The van der Waals surface area contributed by atoms with Gasteiger partial charge in [0.15, 0.2) is 0 Å². The molecule has 0 aromatic carbocycles. The largest absolute Gasteiger partial charge is 0.467 e. The van der Waals surface area contributed by atoms with Crippen molar-refractivity contribution in [2.45, 2.75) is 13.1 Å². The van der Waals surface area contributed by atoms with E-state index >= 15 is 0 Å². The van der Waals surface area contributed by atoms with Crippen LogP contribution in [0.2, 0.25) is 0 Å². The van der Waals surface area contributed by atoms with E-state index in [1.54, 1.807) is 29.4 Å². The van der Waals surface area contributed by atoms with Crippen LogP contribution >= 0.6 is 0 Å². The zero-order chi connectivity index (χ0) is 20.2. The summed E-state index contributed by atoms with van der Waals surface area (Å²) >= 11 is 0. The van der Waals surface area contributed by atoms with Crippen molar-refractivity contribution in [3.63, 3.8) is 0 Å². The Labute approximate surface area is 166 Å². The number of carbonyl (C=O) groups excluding carboxylic acids is 1. The van der Waals surface area contributed by atoms with Gasteiger partial charge in [0.1, 0.15) is 11.3 Å². The smallest absolute Gasteiger partial charge is 0.328 e. The first-order valence-electron chi connectivity index (χ1n) is 9.37. The Morgan fingerprint density at radius 1 is 1.07 bits per heavy atom. The highest BCUT2D eigenvalue weighted by Crippen LogP contribution is 2.10. The average Bonchev–Trinajstić information content (AvgIpc) is 3.25. The lowest BCUT2D eigenvalue weighted by molar-refractivity contribution is 0.0625. The Kier molecular flexibility index (Phi) is 5.39. The van der Waals surface area contributed by atoms with Crippen molar-refractivity contribution >= 4 is 5.91 Å². The first-order valence-corrected chi connectivity index (χ1v) is 9.37. The van der Waals surface area contributed by atoms with Crippen molar-refractivity contribution in [3.8, 4) is 0 Å². The maximum atomic E-state index is 12.9. The number of rotatable bonds is 5. The number of furan rings is 1. The molecule has 0 unspecified atom stereocenters. The minimum absolute atomic E-state index is 0.0258. The van der Waals surface area contributed by atoms with Gasteiger partial charge in [0, 0.05) is 51.3 Å². The van der Waals surface area contributed by atoms with Crippen LogP contribution in [0.3, 0.4) is 0 Å². The second kappa shape index (κ2) is 8.27. The number of aromatic amines is 1. The third-order valence-corrected chi connectivity index (χ3v) is 5.00. The Bertz CT molecular complexity index is 1080. The summed E-state index contributed by atoms with van der Waals surface area (Å²) in [6, 6.07) is 7.29. The molecule has 4 heterocycles. The van der Waals surface area contributed by atoms with Gasteiger partial charge in [-0.3, -0.25) is 24.0 Å². The van der Waals surface area contributed by atoms with Crippen molar-refractivity contribution < 1.29 is 9.21 Å². The van der Waals surface area contributed by atoms with Crippen LogP contribution < -0.4 is 11.2 Å². The topological polar surface area (TPSA) is 104 Å². The van der Waals surface area contributed by atoms with Crippen molar-refractivity contribution in [3.05, 3.63) is 86.8 Å².